The van der Waals surface area contributed by atoms with Gasteiger partial charge in [-0.3, -0.25) is 4.79 Å². The second kappa shape index (κ2) is 5.48. The molecule has 0 saturated carbocycles. The fourth-order valence-corrected chi connectivity index (χ4v) is 1.67. The van der Waals surface area contributed by atoms with Crippen LogP contribution in [-0.2, 0) is 0 Å². The predicted molar refractivity (Wildman–Crippen MR) is 70.3 cm³/mol. The highest BCUT2D eigenvalue weighted by atomic mass is 19.1. The van der Waals surface area contributed by atoms with Crippen molar-refractivity contribution in [3.8, 4) is 0 Å². The van der Waals surface area contributed by atoms with Gasteiger partial charge in [-0.2, -0.15) is 0 Å². The van der Waals surface area contributed by atoms with Crippen LogP contribution in [0.15, 0.2) is 36.5 Å². The van der Waals surface area contributed by atoms with Gasteiger partial charge in [-0.1, -0.05) is 0 Å². The van der Waals surface area contributed by atoms with Crippen molar-refractivity contribution < 1.29 is 19.1 Å². The van der Waals surface area contributed by atoms with E-state index in [1.54, 1.807) is 6.92 Å². The number of pyridine rings is 1. The number of hydrogen-bond acceptors (Lipinski definition) is 3. The maximum atomic E-state index is 13.0. The van der Waals surface area contributed by atoms with Crippen LogP contribution >= 0.6 is 0 Å². The van der Waals surface area contributed by atoms with Crippen LogP contribution in [0.5, 0.6) is 0 Å². The molecule has 0 unspecified atom stereocenters. The van der Waals surface area contributed by atoms with Crippen LogP contribution in [0.2, 0.25) is 0 Å². The Balaban J connectivity index is 2.17. The average molecular weight is 274 g/mol. The standard InChI is InChI=1S/C14H11FN2O3/c1-8-6-9(15)2-4-11(8)13(18)17-10-3-5-12(14(19)20)16-7-10/h2-7H,1H3,(H,17,18)(H,19,20). The number of carbonyl (C=O) groups excluding carboxylic acids is 1. The molecule has 0 aliphatic heterocycles. The lowest BCUT2D eigenvalue weighted by Gasteiger charge is -2.07. The van der Waals surface area contributed by atoms with E-state index in [1.807, 2.05) is 0 Å². The SMILES string of the molecule is Cc1cc(F)ccc1C(=O)Nc1ccc(C(=O)O)nc1. The van der Waals surface area contributed by atoms with E-state index in [0.29, 0.717) is 16.8 Å². The first kappa shape index (κ1) is 13.7. The molecule has 0 aliphatic rings. The Hall–Kier alpha value is -2.76. The van der Waals surface area contributed by atoms with Crippen molar-refractivity contribution in [2.45, 2.75) is 6.92 Å². The number of aromatic nitrogens is 1. The summed E-state index contributed by atoms with van der Waals surface area (Å²) in [5.41, 5.74) is 1.11. The molecular weight excluding hydrogens is 263 g/mol. The lowest BCUT2D eigenvalue weighted by atomic mass is 10.1. The first-order valence-corrected chi connectivity index (χ1v) is 5.74. The summed E-state index contributed by atoms with van der Waals surface area (Å²) >= 11 is 0. The van der Waals surface area contributed by atoms with Crippen molar-refractivity contribution in [1.82, 2.24) is 4.98 Å². The summed E-state index contributed by atoms with van der Waals surface area (Å²) in [6.45, 7) is 1.63. The van der Waals surface area contributed by atoms with E-state index in [0.717, 1.165) is 0 Å². The quantitative estimate of drug-likeness (QED) is 0.901. The van der Waals surface area contributed by atoms with Crippen molar-refractivity contribution in [2.75, 3.05) is 5.32 Å². The normalized spacial score (nSPS) is 10.1. The molecule has 1 aromatic heterocycles. The van der Waals surface area contributed by atoms with E-state index in [4.69, 9.17) is 5.11 Å². The molecule has 1 aromatic carbocycles. The number of carboxylic acids is 1. The third kappa shape index (κ3) is 2.97. The van der Waals surface area contributed by atoms with Crippen LogP contribution in [-0.4, -0.2) is 22.0 Å². The van der Waals surface area contributed by atoms with Crippen LogP contribution in [0.3, 0.4) is 0 Å². The second-order valence-electron chi connectivity index (χ2n) is 4.15. The van der Waals surface area contributed by atoms with Gasteiger partial charge in [-0.05, 0) is 42.8 Å². The van der Waals surface area contributed by atoms with Crippen LogP contribution in [0.4, 0.5) is 10.1 Å². The molecule has 102 valence electrons. The van der Waals surface area contributed by atoms with E-state index in [2.05, 4.69) is 10.3 Å². The minimum Gasteiger partial charge on any atom is -0.477 e. The molecule has 0 saturated heterocycles. The van der Waals surface area contributed by atoms with Crippen molar-refractivity contribution in [1.29, 1.82) is 0 Å². The molecule has 6 heteroatoms. The summed E-state index contributed by atoms with van der Waals surface area (Å²) < 4.78 is 13.0. The van der Waals surface area contributed by atoms with E-state index in [9.17, 15) is 14.0 Å². The summed E-state index contributed by atoms with van der Waals surface area (Å²) in [7, 11) is 0. The van der Waals surface area contributed by atoms with E-state index >= 15 is 0 Å². The van der Waals surface area contributed by atoms with Gasteiger partial charge in [0.05, 0.1) is 11.9 Å². The highest BCUT2D eigenvalue weighted by molar-refractivity contribution is 6.05. The van der Waals surface area contributed by atoms with Crippen LogP contribution in [0.1, 0.15) is 26.4 Å². The number of anilines is 1. The molecule has 5 nitrogen and oxygen atoms in total. The number of rotatable bonds is 3. The van der Waals surface area contributed by atoms with Crippen molar-refractivity contribution >= 4 is 17.6 Å². The van der Waals surface area contributed by atoms with Gasteiger partial charge in [0, 0.05) is 5.56 Å². The maximum Gasteiger partial charge on any atom is 0.354 e. The Morgan fingerprint density at radius 1 is 1.25 bits per heavy atom. The van der Waals surface area contributed by atoms with Gasteiger partial charge in [0.25, 0.3) is 5.91 Å². The number of benzene rings is 1. The number of aromatic carboxylic acids is 1. The predicted octanol–water partition coefficient (Wildman–Crippen LogP) is 2.48. The number of hydrogen-bond donors (Lipinski definition) is 2. The highest BCUT2D eigenvalue weighted by Crippen LogP contribution is 2.13. The zero-order valence-corrected chi connectivity index (χ0v) is 10.6. The number of carbonyl (C=O) groups is 2. The minimum absolute atomic E-state index is 0.110. The lowest BCUT2D eigenvalue weighted by molar-refractivity contribution is 0.0690. The van der Waals surface area contributed by atoms with E-state index < -0.39 is 17.7 Å². The van der Waals surface area contributed by atoms with Gasteiger partial charge in [0.15, 0.2) is 0 Å². The zero-order valence-electron chi connectivity index (χ0n) is 10.6. The van der Waals surface area contributed by atoms with Crippen LogP contribution < -0.4 is 5.32 Å². The molecule has 0 spiro atoms. The smallest absolute Gasteiger partial charge is 0.354 e. The minimum atomic E-state index is -1.14. The summed E-state index contributed by atoms with van der Waals surface area (Å²) in [6.07, 6.45) is 1.25. The van der Waals surface area contributed by atoms with Crippen molar-refractivity contribution in [3.63, 3.8) is 0 Å². The molecule has 2 N–H and O–H groups in total. The average Bonchev–Trinajstić information content (AvgIpc) is 2.39. The summed E-state index contributed by atoms with van der Waals surface area (Å²) in [4.78, 5) is 26.3. The number of carboxylic acid groups (broad SMARTS) is 1. The number of nitrogens with one attached hydrogen (secondary N) is 1. The van der Waals surface area contributed by atoms with Gasteiger partial charge >= 0.3 is 5.97 Å². The van der Waals surface area contributed by atoms with Crippen molar-refractivity contribution in [2.24, 2.45) is 0 Å². The second-order valence-corrected chi connectivity index (χ2v) is 4.15. The molecule has 0 atom stereocenters. The molecule has 0 radical (unpaired) electrons. The van der Waals surface area contributed by atoms with Crippen LogP contribution in [0.25, 0.3) is 0 Å². The third-order valence-electron chi connectivity index (χ3n) is 2.67. The van der Waals surface area contributed by atoms with E-state index in [-0.39, 0.29) is 5.69 Å². The highest BCUT2D eigenvalue weighted by Gasteiger charge is 2.11. The molecule has 2 aromatic rings. The maximum absolute atomic E-state index is 13.0. The first-order valence-electron chi connectivity index (χ1n) is 5.74. The zero-order chi connectivity index (χ0) is 14.7. The Bertz CT molecular complexity index is 669. The Labute approximate surface area is 114 Å². The molecule has 20 heavy (non-hydrogen) atoms. The largest absolute Gasteiger partial charge is 0.477 e. The molecular formula is C14H11FN2O3. The van der Waals surface area contributed by atoms with E-state index in [1.165, 1.54) is 36.5 Å². The number of aryl methyl sites for hydroxylation is 1. The number of nitrogens with zero attached hydrogens (tertiary/aromatic N) is 1. The molecule has 2 rings (SSSR count). The van der Waals surface area contributed by atoms with Crippen molar-refractivity contribution in [3.05, 3.63) is 59.2 Å². The Morgan fingerprint density at radius 3 is 2.55 bits per heavy atom. The molecule has 0 bridgehead atoms. The number of halogens is 1. The molecule has 0 fully saturated rings. The number of amides is 1. The van der Waals surface area contributed by atoms with Gasteiger partial charge in [0.1, 0.15) is 11.5 Å². The fraction of sp³-hybridized carbons (Fsp3) is 0.0714. The fourth-order valence-electron chi connectivity index (χ4n) is 1.67. The van der Waals surface area contributed by atoms with Crippen LogP contribution in [0, 0.1) is 12.7 Å². The summed E-state index contributed by atoms with van der Waals surface area (Å²) in [5, 5.41) is 11.3. The lowest BCUT2D eigenvalue weighted by Crippen LogP contribution is -2.14. The molecule has 1 heterocycles. The van der Waals surface area contributed by atoms with Gasteiger partial charge in [-0.15, -0.1) is 0 Å². The summed E-state index contributed by atoms with van der Waals surface area (Å²) in [6, 6.07) is 6.58. The topological polar surface area (TPSA) is 79.3 Å². The van der Waals surface area contributed by atoms with Gasteiger partial charge < -0.3 is 10.4 Å². The third-order valence-corrected chi connectivity index (χ3v) is 2.67. The van der Waals surface area contributed by atoms with Gasteiger partial charge in [0.2, 0.25) is 0 Å². The molecule has 0 aliphatic carbocycles. The van der Waals surface area contributed by atoms with Gasteiger partial charge in [-0.25, -0.2) is 14.2 Å². The monoisotopic (exact) mass is 274 g/mol. The Morgan fingerprint density at radius 2 is 2.00 bits per heavy atom. The Kier molecular flexibility index (Phi) is 3.74. The first-order chi connectivity index (χ1) is 9.47. The molecule has 1 amide bonds. The summed E-state index contributed by atoms with van der Waals surface area (Å²) in [5.74, 6) is -1.96.